The lowest BCUT2D eigenvalue weighted by Crippen LogP contribution is -2.15. The Kier molecular flexibility index (Phi) is 3.54. The molecule has 8 nitrogen and oxygen atoms in total. The van der Waals surface area contributed by atoms with Gasteiger partial charge in [0, 0.05) is 18.0 Å². The number of pyridine rings is 1. The summed E-state index contributed by atoms with van der Waals surface area (Å²) in [6.45, 7) is 0. The summed E-state index contributed by atoms with van der Waals surface area (Å²) in [6, 6.07) is 8.64. The molecule has 0 aliphatic heterocycles. The van der Waals surface area contributed by atoms with Crippen LogP contribution in [0.25, 0.3) is 28.2 Å². The van der Waals surface area contributed by atoms with Crippen LogP contribution in [0.15, 0.2) is 53.6 Å². The zero-order valence-corrected chi connectivity index (χ0v) is 13.2. The third-order valence-electron chi connectivity index (χ3n) is 3.79. The van der Waals surface area contributed by atoms with Gasteiger partial charge < -0.3 is 10.7 Å². The first-order chi connectivity index (χ1) is 12.5. The lowest BCUT2D eigenvalue weighted by Gasteiger charge is -2.06. The molecular formula is C17H11FN6O2. The fraction of sp³-hybridized carbons (Fsp3) is 0. The van der Waals surface area contributed by atoms with Crippen LogP contribution in [-0.2, 0) is 0 Å². The summed E-state index contributed by atoms with van der Waals surface area (Å²) < 4.78 is 14.4. The number of aromatic amines is 1. The fourth-order valence-electron chi connectivity index (χ4n) is 2.62. The number of halogens is 1. The van der Waals surface area contributed by atoms with E-state index in [1.165, 1.54) is 28.8 Å². The minimum Gasteiger partial charge on any atom is -0.364 e. The number of carbonyl (C=O) groups excluding carboxylic acids is 1. The van der Waals surface area contributed by atoms with Crippen molar-refractivity contribution in [3.8, 4) is 17.1 Å². The van der Waals surface area contributed by atoms with Gasteiger partial charge in [0.2, 0.25) is 0 Å². The molecule has 0 atom stereocenters. The summed E-state index contributed by atoms with van der Waals surface area (Å²) in [5, 5.41) is 0. The van der Waals surface area contributed by atoms with Crippen LogP contribution in [0.3, 0.4) is 0 Å². The molecule has 0 spiro atoms. The predicted octanol–water partition coefficient (Wildman–Crippen LogP) is 1.41. The molecule has 4 rings (SSSR count). The van der Waals surface area contributed by atoms with E-state index in [0.717, 1.165) is 0 Å². The highest BCUT2D eigenvalue weighted by Crippen LogP contribution is 2.21. The molecule has 0 bridgehead atoms. The van der Waals surface area contributed by atoms with Crippen molar-refractivity contribution in [3.63, 3.8) is 0 Å². The molecule has 0 aliphatic carbocycles. The summed E-state index contributed by atoms with van der Waals surface area (Å²) in [5.41, 5.74) is 6.03. The topological polar surface area (TPSA) is 120 Å². The van der Waals surface area contributed by atoms with E-state index < -0.39 is 17.4 Å². The third-order valence-corrected chi connectivity index (χ3v) is 3.79. The first kappa shape index (κ1) is 15.6. The summed E-state index contributed by atoms with van der Waals surface area (Å²) >= 11 is 0. The fourth-order valence-corrected chi connectivity index (χ4v) is 2.62. The number of carbonyl (C=O) groups is 1. The average Bonchev–Trinajstić information content (AvgIpc) is 2.98. The number of primary amides is 1. The maximum atomic E-state index is 13.2. The van der Waals surface area contributed by atoms with E-state index in [4.69, 9.17) is 5.73 Å². The van der Waals surface area contributed by atoms with Crippen molar-refractivity contribution in [2.24, 2.45) is 5.73 Å². The Morgan fingerprint density at radius 2 is 1.77 bits per heavy atom. The van der Waals surface area contributed by atoms with Gasteiger partial charge in [-0.25, -0.2) is 23.7 Å². The van der Waals surface area contributed by atoms with Crippen LogP contribution in [0.1, 0.15) is 10.5 Å². The Labute approximate surface area is 145 Å². The smallest absolute Gasteiger partial charge is 0.332 e. The molecule has 4 aromatic rings. The van der Waals surface area contributed by atoms with Crippen molar-refractivity contribution < 1.29 is 9.18 Å². The van der Waals surface area contributed by atoms with E-state index in [1.807, 2.05) is 0 Å². The maximum Gasteiger partial charge on any atom is 0.332 e. The largest absolute Gasteiger partial charge is 0.364 e. The first-order valence-electron chi connectivity index (χ1n) is 7.53. The third kappa shape index (κ3) is 2.51. The molecule has 0 aliphatic rings. The van der Waals surface area contributed by atoms with Crippen molar-refractivity contribution in [1.82, 2.24) is 24.5 Å². The molecule has 26 heavy (non-hydrogen) atoms. The highest BCUT2D eigenvalue weighted by molar-refractivity contribution is 6.02. The van der Waals surface area contributed by atoms with E-state index in [-0.39, 0.29) is 22.7 Å². The van der Waals surface area contributed by atoms with Crippen LogP contribution in [-0.4, -0.2) is 30.4 Å². The Bertz CT molecular complexity index is 1180. The van der Waals surface area contributed by atoms with Crippen molar-refractivity contribution in [2.75, 3.05) is 0 Å². The normalized spacial score (nSPS) is 11.0. The number of fused-ring (bicyclic) bond motifs is 1. The van der Waals surface area contributed by atoms with Gasteiger partial charge >= 0.3 is 5.69 Å². The Morgan fingerprint density at radius 3 is 2.42 bits per heavy atom. The molecule has 0 unspecified atom stereocenters. The number of H-pyrrole nitrogens is 1. The van der Waals surface area contributed by atoms with Crippen LogP contribution in [0.2, 0.25) is 0 Å². The highest BCUT2D eigenvalue weighted by Gasteiger charge is 2.20. The molecule has 1 aromatic carbocycles. The number of nitrogens with one attached hydrogen (secondary N) is 1. The van der Waals surface area contributed by atoms with Gasteiger partial charge in [0.15, 0.2) is 17.2 Å². The molecule has 3 aromatic heterocycles. The van der Waals surface area contributed by atoms with Gasteiger partial charge in [0.05, 0.1) is 5.69 Å². The number of nitrogens with zero attached hydrogens (tertiary/aromatic N) is 4. The van der Waals surface area contributed by atoms with Crippen molar-refractivity contribution in [3.05, 3.63) is 70.8 Å². The zero-order chi connectivity index (χ0) is 18.3. The summed E-state index contributed by atoms with van der Waals surface area (Å²) in [7, 11) is 0. The monoisotopic (exact) mass is 350 g/mol. The lowest BCUT2D eigenvalue weighted by molar-refractivity contribution is 0.0997. The number of amides is 1. The van der Waals surface area contributed by atoms with Crippen molar-refractivity contribution in [1.29, 1.82) is 0 Å². The zero-order valence-electron chi connectivity index (χ0n) is 13.2. The molecule has 0 radical (unpaired) electrons. The number of hydrogen-bond acceptors (Lipinski definition) is 5. The van der Waals surface area contributed by atoms with E-state index in [9.17, 15) is 14.0 Å². The number of nitrogens with two attached hydrogens (primary N) is 1. The van der Waals surface area contributed by atoms with Crippen LogP contribution in [0, 0.1) is 5.82 Å². The summed E-state index contributed by atoms with van der Waals surface area (Å²) in [6.07, 6.45) is 3.11. The predicted molar refractivity (Wildman–Crippen MR) is 91.2 cm³/mol. The number of imidazole rings is 1. The van der Waals surface area contributed by atoms with Crippen LogP contribution >= 0.6 is 0 Å². The molecule has 1 amide bonds. The molecule has 0 saturated heterocycles. The molecular weight excluding hydrogens is 339 g/mol. The minimum atomic E-state index is -0.805. The second-order valence-electron chi connectivity index (χ2n) is 5.44. The van der Waals surface area contributed by atoms with Crippen molar-refractivity contribution >= 4 is 17.1 Å². The molecule has 128 valence electrons. The molecule has 0 fully saturated rings. The lowest BCUT2D eigenvalue weighted by atomic mass is 10.2. The molecule has 9 heteroatoms. The standard InChI is InChI=1S/C17H11FN6O2/c18-10-1-3-11(4-2-10)24-16-13(22-17(24)26)12(14(19)25)21-15(23-16)9-5-7-20-8-6-9/h1-8H,(H2,19,25)(H,22,26). The minimum absolute atomic E-state index is 0.111. The quantitative estimate of drug-likeness (QED) is 0.579. The van der Waals surface area contributed by atoms with E-state index in [2.05, 4.69) is 19.9 Å². The maximum absolute atomic E-state index is 13.2. The Morgan fingerprint density at radius 1 is 1.08 bits per heavy atom. The van der Waals surface area contributed by atoms with Crippen LogP contribution in [0.5, 0.6) is 0 Å². The van der Waals surface area contributed by atoms with Gasteiger partial charge in [-0.1, -0.05) is 0 Å². The van der Waals surface area contributed by atoms with Gasteiger partial charge in [-0.3, -0.25) is 9.78 Å². The molecule has 0 saturated carbocycles. The average molecular weight is 350 g/mol. The number of benzene rings is 1. The Hall–Kier alpha value is -3.88. The molecule has 3 heterocycles. The van der Waals surface area contributed by atoms with Gasteiger partial charge in [-0.05, 0) is 36.4 Å². The van der Waals surface area contributed by atoms with Gasteiger partial charge in [-0.2, -0.15) is 0 Å². The molecule has 3 N–H and O–H groups in total. The Balaban J connectivity index is 2.06. The van der Waals surface area contributed by atoms with E-state index in [0.29, 0.717) is 11.3 Å². The number of rotatable bonds is 3. The first-order valence-corrected chi connectivity index (χ1v) is 7.53. The van der Waals surface area contributed by atoms with Crippen molar-refractivity contribution in [2.45, 2.75) is 0 Å². The van der Waals surface area contributed by atoms with Gasteiger partial charge in [-0.15, -0.1) is 0 Å². The van der Waals surface area contributed by atoms with Gasteiger partial charge in [0.1, 0.15) is 11.3 Å². The summed E-state index contributed by atoms with van der Waals surface area (Å²) in [5.74, 6) is -1.03. The second-order valence-corrected chi connectivity index (χ2v) is 5.44. The highest BCUT2D eigenvalue weighted by atomic mass is 19.1. The summed E-state index contributed by atoms with van der Waals surface area (Å²) in [4.78, 5) is 39.3. The SMILES string of the molecule is NC(=O)c1nc(-c2ccncc2)nc2c1[nH]c(=O)n2-c1ccc(F)cc1. The number of aromatic nitrogens is 5. The number of hydrogen-bond donors (Lipinski definition) is 2. The second kappa shape index (κ2) is 5.88. The van der Waals surface area contributed by atoms with E-state index >= 15 is 0 Å². The van der Waals surface area contributed by atoms with Crippen LogP contribution < -0.4 is 11.4 Å². The van der Waals surface area contributed by atoms with Crippen LogP contribution in [0.4, 0.5) is 4.39 Å². The van der Waals surface area contributed by atoms with Gasteiger partial charge in [0.25, 0.3) is 5.91 Å². The van der Waals surface area contributed by atoms with E-state index in [1.54, 1.807) is 24.5 Å².